The maximum atomic E-state index is 8.55. The molecule has 0 aromatic carbocycles. The molecule has 0 bridgehead atoms. The van der Waals surface area contributed by atoms with Crippen LogP contribution >= 0.6 is 0 Å². The maximum absolute atomic E-state index is 8.55. The first kappa shape index (κ1) is 7.60. The molecule has 0 aromatic rings. The highest BCUT2D eigenvalue weighted by molar-refractivity contribution is 5.01. The zero-order valence-electron chi connectivity index (χ0n) is 7.02. The van der Waals surface area contributed by atoms with Gasteiger partial charge in [-0.05, 0) is 24.2 Å². The molecule has 0 spiro atoms. The van der Waals surface area contributed by atoms with Gasteiger partial charge in [-0.15, -0.1) is 0 Å². The predicted molar refractivity (Wildman–Crippen MR) is 41.3 cm³/mol. The van der Waals surface area contributed by atoms with Gasteiger partial charge in [0.2, 0.25) is 0 Å². The van der Waals surface area contributed by atoms with Gasteiger partial charge in [-0.25, -0.2) is 0 Å². The molecule has 0 unspecified atom stereocenters. The van der Waals surface area contributed by atoms with E-state index in [1.807, 2.05) is 0 Å². The normalized spacial score (nSPS) is 38.9. The largest absolute Gasteiger partial charge is 0.198 e. The molecule has 0 heterocycles. The average molecular weight is 137 g/mol. The van der Waals surface area contributed by atoms with E-state index in [4.69, 9.17) is 5.26 Å². The van der Waals surface area contributed by atoms with E-state index in [0.717, 1.165) is 18.8 Å². The molecule has 0 N–H and O–H groups in total. The smallest absolute Gasteiger partial charge is 0.0656 e. The number of nitrogens with zero attached hydrogens (tertiary/aromatic N) is 1. The van der Waals surface area contributed by atoms with Crippen molar-refractivity contribution in [1.82, 2.24) is 0 Å². The molecule has 1 saturated carbocycles. The summed E-state index contributed by atoms with van der Waals surface area (Å²) in [6.45, 7) is 6.77. The van der Waals surface area contributed by atoms with Gasteiger partial charge < -0.3 is 0 Å². The molecule has 1 heteroatoms. The first-order valence-corrected chi connectivity index (χ1v) is 3.98. The molecule has 1 aliphatic carbocycles. The fraction of sp³-hybridized carbons (Fsp3) is 0.889. The molecule has 56 valence electrons. The molecule has 1 fully saturated rings. The number of hydrogen-bond donors (Lipinski definition) is 0. The van der Waals surface area contributed by atoms with E-state index in [0.29, 0.717) is 11.3 Å². The van der Waals surface area contributed by atoms with Gasteiger partial charge in [0.1, 0.15) is 0 Å². The van der Waals surface area contributed by atoms with Crippen LogP contribution in [0.25, 0.3) is 0 Å². The van der Waals surface area contributed by atoms with Crippen molar-refractivity contribution >= 4 is 0 Å². The molecule has 0 atom stereocenters. The second-order valence-electron chi connectivity index (χ2n) is 4.04. The van der Waals surface area contributed by atoms with Crippen LogP contribution in [0.5, 0.6) is 0 Å². The van der Waals surface area contributed by atoms with Gasteiger partial charge in [-0.1, -0.05) is 20.8 Å². The summed E-state index contributed by atoms with van der Waals surface area (Å²) in [5.41, 5.74) is 0.473. The predicted octanol–water partition coefficient (Wildman–Crippen LogP) is 2.58. The minimum Gasteiger partial charge on any atom is -0.198 e. The monoisotopic (exact) mass is 137 g/mol. The summed E-state index contributed by atoms with van der Waals surface area (Å²) < 4.78 is 0. The molecule has 0 aliphatic heterocycles. The Hall–Kier alpha value is -0.510. The van der Waals surface area contributed by atoms with Gasteiger partial charge in [0.15, 0.2) is 0 Å². The molecule has 1 rings (SSSR count). The van der Waals surface area contributed by atoms with Crippen molar-refractivity contribution in [3.8, 4) is 6.07 Å². The summed E-state index contributed by atoms with van der Waals surface area (Å²) in [4.78, 5) is 0. The highest BCUT2D eigenvalue weighted by Gasteiger charge is 2.42. The van der Waals surface area contributed by atoms with E-state index in [9.17, 15) is 0 Å². The lowest BCUT2D eigenvalue weighted by Crippen LogP contribution is -2.37. The fourth-order valence-electron chi connectivity index (χ4n) is 1.63. The minimum atomic E-state index is 0.354. The molecular formula is C9H15N. The van der Waals surface area contributed by atoms with Crippen LogP contribution < -0.4 is 0 Å². The molecule has 1 nitrogen and oxygen atoms in total. The van der Waals surface area contributed by atoms with Crippen LogP contribution in [0.2, 0.25) is 0 Å². The summed E-state index contributed by atoms with van der Waals surface area (Å²) in [5, 5.41) is 8.55. The van der Waals surface area contributed by atoms with E-state index in [1.165, 1.54) is 0 Å². The third-order valence-corrected chi connectivity index (χ3v) is 3.00. The van der Waals surface area contributed by atoms with E-state index < -0.39 is 0 Å². The average Bonchev–Trinajstić information content (AvgIpc) is 1.80. The number of nitriles is 1. The van der Waals surface area contributed by atoms with Crippen molar-refractivity contribution in [2.24, 2.45) is 17.3 Å². The Labute approximate surface area is 63.0 Å². The van der Waals surface area contributed by atoms with Crippen molar-refractivity contribution in [3.05, 3.63) is 0 Å². The zero-order chi connectivity index (χ0) is 7.78. The van der Waals surface area contributed by atoms with Gasteiger partial charge in [0.05, 0.1) is 6.07 Å². The van der Waals surface area contributed by atoms with Crippen molar-refractivity contribution in [3.63, 3.8) is 0 Å². The van der Waals surface area contributed by atoms with Gasteiger partial charge in [0, 0.05) is 5.92 Å². The zero-order valence-corrected chi connectivity index (χ0v) is 7.02. The van der Waals surface area contributed by atoms with Crippen molar-refractivity contribution in [1.29, 1.82) is 5.26 Å². The summed E-state index contributed by atoms with van der Waals surface area (Å²) >= 11 is 0. The van der Waals surface area contributed by atoms with Crippen LogP contribution in [0.1, 0.15) is 33.6 Å². The Kier molecular flexibility index (Phi) is 1.72. The lowest BCUT2D eigenvalue weighted by molar-refractivity contribution is 0.0541. The molecule has 10 heavy (non-hydrogen) atoms. The summed E-state index contributed by atoms with van der Waals surface area (Å²) in [6.07, 6.45) is 2.22. The SMILES string of the molecule is CC(C)C1(C)CC(C#N)C1. The van der Waals surface area contributed by atoms with Crippen molar-refractivity contribution < 1.29 is 0 Å². The highest BCUT2D eigenvalue weighted by Crippen LogP contribution is 2.49. The second kappa shape index (κ2) is 2.27. The number of rotatable bonds is 1. The standard InChI is InChI=1S/C9H15N/c1-7(2)9(3)4-8(5-9)6-10/h7-8H,4-5H2,1-3H3. The van der Waals surface area contributed by atoms with Crippen LogP contribution in [0, 0.1) is 28.6 Å². The Bertz CT molecular complexity index is 158. The highest BCUT2D eigenvalue weighted by atomic mass is 14.5. The third-order valence-electron chi connectivity index (χ3n) is 3.00. The van der Waals surface area contributed by atoms with Crippen LogP contribution in [-0.4, -0.2) is 0 Å². The van der Waals surface area contributed by atoms with Crippen molar-refractivity contribution in [2.45, 2.75) is 33.6 Å². The fourth-order valence-corrected chi connectivity index (χ4v) is 1.63. The summed E-state index contributed by atoms with van der Waals surface area (Å²) in [5.74, 6) is 1.09. The van der Waals surface area contributed by atoms with Gasteiger partial charge in [0.25, 0.3) is 0 Å². The first-order chi connectivity index (χ1) is 4.58. The lowest BCUT2D eigenvalue weighted by atomic mass is 9.58. The quantitative estimate of drug-likeness (QED) is 0.545. The molecular weight excluding hydrogens is 122 g/mol. The van der Waals surface area contributed by atoms with E-state index >= 15 is 0 Å². The Balaban J connectivity index is 2.43. The van der Waals surface area contributed by atoms with Gasteiger partial charge >= 0.3 is 0 Å². The van der Waals surface area contributed by atoms with Crippen LogP contribution in [0.3, 0.4) is 0 Å². The minimum absolute atomic E-state index is 0.354. The Morgan fingerprint density at radius 2 is 2.00 bits per heavy atom. The van der Waals surface area contributed by atoms with Crippen LogP contribution in [0.15, 0.2) is 0 Å². The van der Waals surface area contributed by atoms with E-state index in [1.54, 1.807) is 0 Å². The lowest BCUT2D eigenvalue weighted by Gasteiger charge is -2.45. The molecule has 0 amide bonds. The van der Waals surface area contributed by atoms with E-state index in [-0.39, 0.29) is 0 Å². The topological polar surface area (TPSA) is 23.8 Å². The molecule has 1 aliphatic rings. The van der Waals surface area contributed by atoms with E-state index in [2.05, 4.69) is 26.8 Å². The van der Waals surface area contributed by atoms with Crippen LogP contribution in [-0.2, 0) is 0 Å². The Morgan fingerprint density at radius 3 is 2.30 bits per heavy atom. The maximum Gasteiger partial charge on any atom is 0.0656 e. The van der Waals surface area contributed by atoms with Crippen molar-refractivity contribution in [2.75, 3.05) is 0 Å². The summed E-state index contributed by atoms with van der Waals surface area (Å²) in [7, 11) is 0. The molecule has 0 saturated heterocycles. The summed E-state index contributed by atoms with van der Waals surface area (Å²) in [6, 6.07) is 2.31. The van der Waals surface area contributed by atoms with Crippen LogP contribution in [0.4, 0.5) is 0 Å². The molecule has 0 radical (unpaired) electrons. The van der Waals surface area contributed by atoms with Gasteiger partial charge in [-0.2, -0.15) is 5.26 Å². The Morgan fingerprint density at radius 1 is 1.50 bits per heavy atom. The second-order valence-corrected chi connectivity index (χ2v) is 4.04. The molecule has 0 aromatic heterocycles. The van der Waals surface area contributed by atoms with Gasteiger partial charge in [-0.3, -0.25) is 0 Å². The third kappa shape index (κ3) is 1.03. The first-order valence-electron chi connectivity index (χ1n) is 3.98. The number of hydrogen-bond acceptors (Lipinski definition) is 1.